The van der Waals surface area contributed by atoms with Gasteiger partial charge in [0, 0.05) is 11.6 Å². The van der Waals surface area contributed by atoms with Gasteiger partial charge in [-0.1, -0.05) is 34.1 Å². The number of rotatable bonds is 3. The summed E-state index contributed by atoms with van der Waals surface area (Å²) in [6, 6.07) is 10.3. The Morgan fingerprint density at radius 3 is 2.69 bits per heavy atom. The first-order valence-electron chi connectivity index (χ1n) is 7.51. The molecule has 0 N–H and O–H groups in total. The predicted octanol–water partition coefficient (Wildman–Crippen LogP) is 4.22. The van der Waals surface area contributed by atoms with Gasteiger partial charge in [0.05, 0.1) is 10.7 Å². The topological polar surface area (TPSA) is 69.6 Å². The van der Waals surface area contributed by atoms with Crippen LogP contribution < -0.4 is 0 Å². The van der Waals surface area contributed by atoms with Crippen molar-refractivity contribution in [3.8, 4) is 28.7 Å². The van der Waals surface area contributed by atoms with Gasteiger partial charge >= 0.3 is 0 Å². The van der Waals surface area contributed by atoms with Crippen molar-refractivity contribution >= 4 is 11.6 Å². The summed E-state index contributed by atoms with van der Waals surface area (Å²) < 4.78 is 33.6. The number of benzene rings is 2. The zero-order chi connectivity index (χ0) is 18.3. The third-order valence-electron chi connectivity index (χ3n) is 3.78. The maximum Gasteiger partial charge on any atom is 0.280 e. The Morgan fingerprint density at radius 1 is 1.12 bits per heavy atom. The highest BCUT2D eigenvalue weighted by Gasteiger charge is 2.21. The van der Waals surface area contributed by atoms with Crippen molar-refractivity contribution in [1.82, 2.24) is 25.1 Å². The molecule has 4 rings (SSSR count). The second-order valence-electron chi connectivity index (χ2n) is 5.43. The van der Waals surface area contributed by atoms with E-state index in [1.54, 1.807) is 31.2 Å². The van der Waals surface area contributed by atoms with Gasteiger partial charge in [-0.3, -0.25) is 0 Å². The Hall–Kier alpha value is -3.13. The van der Waals surface area contributed by atoms with E-state index in [0.717, 1.165) is 12.1 Å². The largest absolute Gasteiger partial charge is 0.332 e. The van der Waals surface area contributed by atoms with Crippen LogP contribution in [0.1, 0.15) is 5.69 Å². The molecule has 0 radical (unpaired) electrons. The van der Waals surface area contributed by atoms with Crippen LogP contribution in [0.25, 0.3) is 28.7 Å². The number of hydrogen-bond acceptors (Lipinski definition) is 5. The maximum atomic E-state index is 14.0. The summed E-state index contributed by atoms with van der Waals surface area (Å²) in [5.41, 5.74) is 1.43. The van der Waals surface area contributed by atoms with Gasteiger partial charge < -0.3 is 4.52 Å². The van der Waals surface area contributed by atoms with Gasteiger partial charge in [0.2, 0.25) is 5.82 Å². The summed E-state index contributed by atoms with van der Waals surface area (Å²) in [7, 11) is 0. The summed E-state index contributed by atoms with van der Waals surface area (Å²) in [6.07, 6.45) is 0. The monoisotopic (exact) mass is 373 g/mol. The van der Waals surface area contributed by atoms with E-state index in [1.807, 2.05) is 0 Å². The molecule has 2 heterocycles. The highest BCUT2D eigenvalue weighted by Crippen LogP contribution is 2.28. The Kier molecular flexibility index (Phi) is 3.96. The van der Waals surface area contributed by atoms with Crippen molar-refractivity contribution in [3.63, 3.8) is 0 Å². The van der Waals surface area contributed by atoms with E-state index < -0.39 is 11.6 Å². The van der Waals surface area contributed by atoms with E-state index in [1.165, 1.54) is 10.7 Å². The van der Waals surface area contributed by atoms with Gasteiger partial charge in [0.1, 0.15) is 11.5 Å². The number of nitrogens with zero attached hydrogens (tertiary/aromatic N) is 5. The lowest BCUT2D eigenvalue weighted by Gasteiger charge is -2.04. The van der Waals surface area contributed by atoms with E-state index in [9.17, 15) is 8.78 Å². The van der Waals surface area contributed by atoms with Crippen molar-refractivity contribution in [2.24, 2.45) is 0 Å². The molecule has 0 atom stereocenters. The quantitative estimate of drug-likeness (QED) is 0.537. The van der Waals surface area contributed by atoms with Crippen LogP contribution in [-0.2, 0) is 0 Å². The van der Waals surface area contributed by atoms with E-state index in [4.69, 9.17) is 16.1 Å². The van der Waals surface area contributed by atoms with Gasteiger partial charge in [-0.2, -0.15) is 4.98 Å². The molecule has 0 aliphatic carbocycles. The van der Waals surface area contributed by atoms with Crippen LogP contribution in [0.4, 0.5) is 8.78 Å². The average Bonchev–Trinajstić information content (AvgIpc) is 3.22. The molecule has 26 heavy (non-hydrogen) atoms. The van der Waals surface area contributed by atoms with Gasteiger partial charge in [0.15, 0.2) is 11.5 Å². The third-order valence-corrected chi connectivity index (χ3v) is 4.11. The van der Waals surface area contributed by atoms with Crippen molar-refractivity contribution < 1.29 is 13.3 Å². The molecular formula is C17H10ClF2N5O. The summed E-state index contributed by atoms with van der Waals surface area (Å²) in [5, 5.41) is 12.3. The molecule has 0 bridgehead atoms. The smallest absolute Gasteiger partial charge is 0.280 e. The molecule has 0 aliphatic rings. The minimum atomic E-state index is -0.758. The molecule has 2 aromatic carbocycles. The van der Waals surface area contributed by atoms with Crippen LogP contribution in [0, 0.1) is 18.6 Å². The fourth-order valence-corrected chi connectivity index (χ4v) is 2.70. The van der Waals surface area contributed by atoms with Crippen LogP contribution in [0.2, 0.25) is 5.02 Å². The molecule has 0 unspecified atom stereocenters. The number of hydrogen-bond donors (Lipinski definition) is 0. The van der Waals surface area contributed by atoms with Gasteiger partial charge in [-0.05, 0) is 31.2 Å². The Labute approximate surface area is 151 Å². The summed E-state index contributed by atoms with van der Waals surface area (Å²) in [5.74, 6) is -1.02. The average molecular weight is 374 g/mol. The fraction of sp³-hybridized carbons (Fsp3) is 0.0588. The second kappa shape index (κ2) is 6.30. The highest BCUT2D eigenvalue weighted by molar-refractivity contribution is 6.33. The fourth-order valence-electron chi connectivity index (χ4n) is 2.48. The van der Waals surface area contributed by atoms with Crippen molar-refractivity contribution in [2.45, 2.75) is 6.92 Å². The molecule has 9 heteroatoms. The SMILES string of the molecule is Cc1c(-c2nc(-c3ccccc3Cl)no2)nnn1-c1ccc(F)cc1F. The predicted molar refractivity (Wildman–Crippen MR) is 89.8 cm³/mol. The Bertz CT molecular complexity index is 1110. The van der Waals surface area contributed by atoms with Crippen molar-refractivity contribution in [3.05, 3.63) is 64.8 Å². The summed E-state index contributed by atoms with van der Waals surface area (Å²) >= 11 is 6.13. The number of halogens is 3. The van der Waals surface area contributed by atoms with Crippen LogP contribution in [-0.4, -0.2) is 25.1 Å². The van der Waals surface area contributed by atoms with E-state index in [-0.39, 0.29) is 11.6 Å². The number of aromatic nitrogens is 5. The second-order valence-corrected chi connectivity index (χ2v) is 5.84. The lowest BCUT2D eigenvalue weighted by atomic mass is 10.2. The first-order valence-corrected chi connectivity index (χ1v) is 7.89. The molecule has 0 fully saturated rings. The first kappa shape index (κ1) is 16.3. The molecule has 0 aliphatic heterocycles. The normalized spacial score (nSPS) is 11.1. The molecular weight excluding hydrogens is 364 g/mol. The molecule has 130 valence electrons. The minimum Gasteiger partial charge on any atom is -0.332 e. The Morgan fingerprint density at radius 2 is 1.92 bits per heavy atom. The zero-order valence-electron chi connectivity index (χ0n) is 13.3. The van der Waals surface area contributed by atoms with Crippen LogP contribution in [0.5, 0.6) is 0 Å². The van der Waals surface area contributed by atoms with E-state index in [0.29, 0.717) is 27.8 Å². The van der Waals surface area contributed by atoms with Crippen molar-refractivity contribution in [2.75, 3.05) is 0 Å². The summed E-state index contributed by atoms with van der Waals surface area (Å²) in [6.45, 7) is 1.66. The molecule has 0 spiro atoms. The van der Waals surface area contributed by atoms with Gasteiger partial charge in [-0.15, -0.1) is 5.10 Å². The molecule has 0 amide bonds. The lowest BCUT2D eigenvalue weighted by Crippen LogP contribution is -2.02. The standard InChI is InChI=1S/C17H10ClF2N5O/c1-9-15(22-24-25(9)14-7-6-10(19)8-13(14)20)17-21-16(23-26-17)11-4-2-3-5-12(11)18/h2-8H,1H3. The maximum absolute atomic E-state index is 14.0. The minimum absolute atomic E-state index is 0.0634. The molecule has 2 aromatic heterocycles. The lowest BCUT2D eigenvalue weighted by molar-refractivity contribution is 0.430. The zero-order valence-corrected chi connectivity index (χ0v) is 14.1. The van der Waals surface area contributed by atoms with Gasteiger partial charge in [0.25, 0.3) is 5.89 Å². The summed E-state index contributed by atoms with van der Waals surface area (Å²) in [4.78, 5) is 4.28. The van der Waals surface area contributed by atoms with Gasteiger partial charge in [-0.25, -0.2) is 13.5 Å². The van der Waals surface area contributed by atoms with Crippen LogP contribution in [0.3, 0.4) is 0 Å². The molecule has 6 nitrogen and oxygen atoms in total. The third kappa shape index (κ3) is 2.74. The highest BCUT2D eigenvalue weighted by atomic mass is 35.5. The Balaban J connectivity index is 1.75. The van der Waals surface area contributed by atoms with Crippen LogP contribution in [0.15, 0.2) is 47.0 Å². The van der Waals surface area contributed by atoms with E-state index in [2.05, 4.69) is 20.5 Å². The van der Waals surface area contributed by atoms with Crippen molar-refractivity contribution in [1.29, 1.82) is 0 Å². The van der Waals surface area contributed by atoms with E-state index >= 15 is 0 Å². The van der Waals surface area contributed by atoms with Crippen LogP contribution >= 0.6 is 11.6 Å². The first-order chi connectivity index (χ1) is 12.5. The molecule has 0 saturated carbocycles. The molecule has 0 saturated heterocycles. The molecule has 4 aromatic rings.